The SMILES string of the molecule is Cc1cc(C)c(C)c(S(=O)(=O)N2CCC(C(=O)OCC(=O)N3CCc4ccccc4C3)CC2)c1C. The van der Waals surface area contributed by atoms with E-state index >= 15 is 0 Å². The molecule has 2 aliphatic heterocycles. The average Bonchev–Trinajstić information content (AvgIpc) is 2.85. The summed E-state index contributed by atoms with van der Waals surface area (Å²) in [7, 11) is -3.66. The minimum absolute atomic E-state index is 0.200. The summed E-state index contributed by atoms with van der Waals surface area (Å²) in [6, 6.07) is 10.1. The molecule has 0 bridgehead atoms. The number of carbonyl (C=O) groups excluding carboxylic acids is 2. The van der Waals surface area contributed by atoms with E-state index in [2.05, 4.69) is 6.07 Å². The molecular formula is C27H34N2O5S. The number of ether oxygens (including phenoxy) is 1. The van der Waals surface area contributed by atoms with Gasteiger partial charge in [0.05, 0.1) is 10.8 Å². The first kappa shape index (κ1) is 25.4. The molecule has 2 aliphatic rings. The molecule has 0 aromatic heterocycles. The van der Waals surface area contributed by atoms with Crippen LogP contribution in [0, 0.1) is 33.6 Å². The van der Waals surface area contributed by atoms with Crippen molar-refractivity contribution in [1.82, 2.24) is 9.21 Å². The molecule has 0 radical (unpaired) electrons. The van der Waals surface area contributed by atoms with Crippen LogP contribution in [0.25, 0.3) is 0 Å². The Balaban J connectivity index is 1.32. The third-order valence-corrected chi connectivity index (χ3v) is 9.68. The second-order valence-electron chi connectivity index (χ2n) is 9.71. The zero-order valence-electron chi connectivity index (χ0n) is 21.0. The van der Waals surface area contributed by atoms with Gasteiger partial charge in [-0.25, -0.2) is 8.42 Å². The molecular weight excluding hydrogens is 464 g/mol. The van der Waals surface area contributed by atoms with E-state index in [9.17, 15) is 18.0 Å². The summed E-state index contributed by atoms with van der Waals surface area (Å²) in [5.41, 5.74) is 5.82. The smallest absolute Gasteiger partial charge is 0.309 e. The first-order valence-corrected chi connectivity index (χ1v) is 13.6. The minimum atomic E-state index is -3.66. The van der Waals surface area contributed by atoms with Gasteiger partial charge in [-0.05, 0) is 80.3 Å². The molecule has 0 unspecified atom stereocenters. The predicted molar refractivity (Wildman–Crippen MR) is 133 cm³/mol. The molecule has 188 valence electrons. The molecule has 0 N–H and O–H groups in total. The van der Waals surface area contributed by atoms with E-state index in [0.717, 1.165) is 34.2 Å². The summed E-state index contributed by atoms with van der Waals surface area (Å²) in [6.45, 7) is 8.91. The van der Waals surface area contributed by atoms with E-state index < -0.39 is 21.9 Å². The van der Waals surface area contributed by atoms with Crippen LogP contribution in [0.5, 0.6) is 0 Å². The Morgan fingerprint density at radius 3 is 2.17 bits per heavy atom. The van der Waals surface area contributed by atoms with Crippen LogP contribution in [0.4, 0.5) is 0 Å². The molecule has 1 saturated heterocycles. The van der Waals surface area contributed by atoms with Gasteiger partial charge in [-0.2, -0.15) is 4.31 Å². The van der Waals surface area contributed by atoms with Gasteiger partial charge in [-0.1, -0.05) is 30.3 Å². The van der Waals surface area contributed by atoms with Gasteiger partial charge in [0.2, 0.25) is 10.0 Å². The summed E-state index contributed by atoms with van der Waals surface area (Å²) in [6.07, 6.45) is 1.56. The number of hydrogen-bond acceptors (Lipinski definition) is 5. The molecule has 1 fully saturated rings. The Kier molecular flexibility index (Phi) is 7.33. The van der Waals surface area contributed by atoms with E-state index in [1.165, 1.54) is 9.87 Å². The minimum Gasteiger partial charge on any atom is -0.455 e. The van der Waals surface area contributed by atoms with Crippen LogP contribution in [-0.2, 0) is 37.3 Å². The predicted octanol–water partition coefficient (Wildman–Crippen LogP) is 3.45. The third kappa shape index (κ3) is 5.14. The second-order valence-corrected chi connectivity index (χ2v) is 11.6. The van der Waals surface area contributed by atoms with E-state index in [0.29, 0.717) is 30.8 Å². The summed E-state index contributed by atoms with van der Waals surface area (Å²) in [4.78, 5) is 27.4. The van der Waals surface area contributed by atoms with Crippen molar-refractivity contribution in [3.8, 4) is 0 Å². The van der Waals surface area contributed by atoms with Crippen LogP contribution in [0.15, 0.2) is 35.2 Å². The van der Waals surface area contributed by atoms with E-state index in [4.69, 9.17) is 4.74 Å². The topological polar surface area (TPSA) is 84.0 Å². The van der Waals surface area contributed by atoms with E-state index in [1.54, 1.807) is 4.90 Å². The van der Waals surface area contributed by atoms with Crippen molar-refractivity contribution in [2.24, 2.45) is 5.92 Å². The number of nitrogens with zero attached hydrogens (tertiary/aromatic N) is 2. The van der Waals surface area contributed by atoms with Gasteiger partial charge < -0.3 is 9.64 Å². The maximum Gasteiger partial charge on any atom is 0.309 e. The number of hydrogen-bond donors (Lipinski definition) is 0. The Morgan fingerprint density at radius 1 is 0.943 bits per heavy atom. The fraction of sp³-hybridized carbons (Fsp3) is 0.481. The van der Waals surface area contributed by atoms with Crippen LogP contribution in [0.1, 0.15) is 46.2 Å². The zero-order chi connectivity index (χ0) is 25.3. The highest BCUT2D eigenvalue weighted by molar-refractivity contribution is 7.89. The largest absolute Gasteiger partial charge is 0.455 e. The molecule has 2 aromatic rings. The Hall–Kier alpha value is -2.71. The molecule has 35 heavy (non-hydrogen) atoms. The quantitative estimate of drug-likeness (QED) is 0.590. The van der Waals surface area contributed by atoms with E-state index in [1.807, 2.05) is 52.0 Å². The number of sulfonamides is 1. The van der Waals surface area contributed by atoms with Gasteiger partial charge in [0, 0.05) is 26.2 Å². The first-order chi connectivity index (χ1) is 16.6. The summed E-state index contributed by atoms with van der Waals surface area (Å²) < 4.78 is 33.7. The van der Waals surface area contributed by atoms with E-state index in [-0.39, 0.29) is 25.6 Å². The highest BCUT2D eigenvalue weighted by Crippen LogP contribution is 2.31. The lowest BCUT2D eigenvalue weighted by Crippen LogP contribution is -2.42. The number of aryl methyl sites for hydroxylation is 2. The number of carbonyl (C=O) groups is 2. The lowest BCUT2D eigenvalue weighted by Gasteiger charge is -2.32. The summed E-state index contributed by atoms with van der Waals surface area (Å²) >= 11 is 0. The number of amides is 1. The fourth-order valence-corrected chi connectivity index (χ4v) is 7.12. The average molecular weight is 499 g/mol. The third-order valence-electron chi connectivity index (χ3n) is 7.50. The number of esters is 1. The molecule has 7 nitrogen and oxygen atoms in total. The monoisotopic (exact) mass is 498 g/mol. The Morgan fingerprint density at radius 2 is 1.54 bits per heavy atom. The molecule has 0 aliphatic carbocycles. The number of fused-ring (bicyclic) bond motifs is 1. The molecule has 8 heteroatoms. The highest BCUT2D eigenvalue weighted by Gasteiger charge is 2.35. The highest BCUT2D eigenvalue weighted by atomic mass is 32.2. The van der Waals surface area contributed by atoms with Gasteiger partial charge in [-0.3, -0.25) is 9.59 Å². The van der Waals surface area contributed by atoms with Gasteiger partial charge in [0.25, 0.3) is 5.91 Å². The lowest BCUT2D eigenvalue weighted by molar-refractivity contribution is -0.156. The number of rotatable bonds is 5. The van der Waals surface area contributed by atoms with Crippen LogP contribution in [-0.4, -0.2) is 55.7 Å². The van der Waals surface area contributed by atoms with Gasteiger partial charge in [-0.15, -0.1) is 0 Å². The maximum absolute atomic E-state index is 13.4. The first-order valence-electron chi connectivity index (χ1n) is 12.2. The van der Waals surface area contributed by atoms with Crippen LogP contribution in [0.2, 0.25) is 0 Å². The molecule has 0 atom stereocenters. The maximum atomic E-state index is 13.4. The molecule has 0 saturated carbocycles. The van der Waals surface area contributed by atoms with Crippen molar-refractivity contribution in [1.29, 1.82) is 0 Å². The second kappa shape index (κ2) is 10.1. The molecule has 0 spiro atoms. The molecule has 2 heterocycles. The van der Waals surface area contributed by atoms with Crippen molar-refractivity contribution in [2.45, 2.75) is 58.4 Å². The molecule has 2 aromatic carbocycles. The normalized spacial score (nSPS) is 17.2. The van der Waals surface area contributed by atoms with Crippen molar-refractivity contribution < 1.29 is 22.7 Å². The van der Waals surface area contributed by atoms with Crippen molar-refractivity contribution >= 4 is 21.9 Å². The standard InChI is InChI=1S/C27H34N2O5S/c1-18-15-19(2)21(4)26(20(18)3)35(32,33)29-13-10-23(11-14-29)27(31)34-17-25(30)28-12-9-22-7-5-6-8-24(22)16-28/h5-8,15,23H,9-14,16-17H2,1-4H3. The van der Waals surface area contributed by atoms with Crippen LogP contribution in [0.3, 0.4) is 0 Å². The number of benzene rings is 2. The molecule has 1 amide bonds. The van der Waals surface area contributed by atoms with Crippen LogP contribution < -0.4 is 0 Å². The fourth-order valence-electron chi connectivity index (χ4n) is 5.08. The van der Waals surface area contributed by atoms with Gasteiger partial charge >= 0.3 is 5.97 Å². The van der Waals surface area contributed by atoms with Crippen molar-refractivity contribution in [3.63, 3.8) is 0 Å². The van der Waals surface area contributed by atoms with Gasteiger partial charge in [0.15, 0.2) is 6.61 Å². The molecule has 4 rings (SSSR count). The van der Waals surface area contributed by atoms with Crippen LogP contribution >= 0.6 is 0 Å². The summed E-state index contributed by atoms with van der Waals surface area (Å²) in [5, 5.41) is 0. The lowest BCUT2D eigenvalue weighted by atomic mass is 9.98. The van der Waals surface area contributed by atoms with Gasteiger partial charge in [0.1, 0.15) is 0 Å². The number of piperidine rings is 1. The zero-order valence-corrected chi connectivity index (χ0v) is 21.8. The van der Waals surface area contributed by atoms with Crippen molar-refractivity contribution in [3.05, 3.63) is 63.7 Å². The Labute approximate surface area is 208 Å². The summed E-state index contributed by atoms with van der Waals surface area (Å²) in [5.74, 6) is -1.03. The van der Waals surface area contributed by atoms with Crippen molar-refractivity contribution in [2.75, 3.05) is 26.2 Å². The Bertz CT molecular complexity index is 1220.